The summed E-state index contributed by atoms with van der Waals surface area (Å²) in [5, 5.41) is 0. The molecule has 1 aromatic heterocycles. The zero-order valence-electron chi connectivity index (χ0n) is 15.6. The minimum Gasteiger partial charge on any atom is -0.491 e. The summed E-state index contributed by atoms with van der Waals surface area (Å²) < 4.78 is 35.9. The van der Waals surface area contributed by atoms with Gasteiger partial charge in [0, 0.05) is 11.7 Å². The van der Waals surface area contributed by atoms with Gasteiger partial charge >= 0.3 is 4.87 Å². The second-order valence-electron chi connectivity index (χ2n) is 6.76. The van der Waals surface area contributed by atoms with Gasteiger partial charge in [0.15, 0.2) is 0 Å². The Bertz CT molecular complexity index is 1110. The summed E-state index contributed by atoms with van der Waals surface area (Å²) in [6.07, 6.45) is 0.0459. The number of hydrogen-bond donors (Lipinski definition) is 1. The van der Waals surface area contributed by atoms with Gasteiger partial charge in [-0.2, -0.15) is 0 Å². The first kappa shape index (κ1) is 19.4. The van der Waals surface area contributed by atoms with E-state index in [2.05, 4.69) is 4.72 Å². The number of nitrogens with one attached hydrogen (secondary N) is 1. The van der Waals surface area contributed by atoms with Gasteiger partial charge in [-0.3, -0.25) is 14.1 Å². The molecule has 0 bridgehead atoms. The molecule has 27 heavy (non-hydrogen) atoms. The normalized spacial score (nSPS) is 12.1. The lowest BCUT2D eigenvalue weighted by Gasteiger charge is -2.12. The number of aromatic nitrogens is 1. The predicted molar refractivity (Wildman–Crippen MR) is 109 cm³/mol. The Kier molecular flexibility index (Phi) is 5.30. The molecule has 1 heterocycles. The van der Waals surface area contributed by atoms with E-state index in [1.54, 1.807) is 41.0 Å². The highest BCUT2D eigenvalue weighted by Gasteiger charge is 2.18. The number of thiazole rings is 1. The number of sulfonamides is 1. The van der Waals surface area contributed by atoms with Crippen molar-refractivity contribution >= 4 is 37.3 Å². The zero-order valence-corrected chi connectivity index (χ0v) is 17.2. The second-order valence-corrected chi connectivity index (χ2v) is 9.43. The van der Waals surface area contributed by atoms with E-state index in [1.165, 1.54) is 6.07 Å². The van der Waals surface area contributed by atoms with Crippen LogP contribution in [0.15, 0.2) is 52.2 Å². The first-order valence-electron chi connectivity index (χ1n) is 8.62. The number of nitrogens with zero attached hydrogens (tertiary/aromatic N) is 1. The third kappa shape index (κ3) is 4.17. The molecule has 0 atom stereocenters. The van der Waals surface area contributed by atoms with Crippen LogP contribution in [0.3, 0.4) is 0 Å². The minimum atomic E-state index is -3.76. The van der Waals surface area contributed by atoms with Crippen molar-refractivity contribution in [3.63, 3.8) is 0 Å². The van der Waals surface area contributed by atoms with E-state index in [4.69, 9.17) is 4.74 Å². The van der Waals surface area contributed by atoms with Gasteiger partial charge < -0.3 is 4.74 Å². The first-order valence-corrected chi connectivity index (χ1v) is 10.9. The molecule has 0 aliphatic rings. The van der Waals surface area contributed by atoms with Crippen molar-refractivity contribution in [1.82, 2.24) is 4.57 Å². The van der Waals surface area contributed by atoms with E-state index in [-0.39, 0.29) is 21.9 Å². The van der Waals surface area contributed by atoms with Crippen LogP contribution in [-0.4, -0.2) is 19.1 Å². The van der Waals surface area contributed by atoms with E-state index >= 15 is 0 Å². The van der Waals surface area contributed by atoms with Crippen molar-refractivity contribution in [3.8, 4) is 5.75 Å². The van der Waals surface area contributed by atoms with Crippen molar-refractivity contribution in [2.45, 2.75) is 44.7 Å². The average molecular weight is 407 g/mol. The maximum atomic E-state index is 12.7. The number of ether oxygens (including phenoxy) is 1. The molecular formula is C19H22N2O4S2. The minimum absolute atomic E-state index is 0.0124. The third-order valence-corrected chi connectivity index (χ3v) is 6.19. The summed E-state index contributed by atoms with van der Waals surface area (Å²) in [6, 6.07) is 11.5. The Morgan fingerprint density at radius 2 is 1.70 bits per heavy atom. The van der Waals surface area contributed by atoms with Crippen LogP contribution >= 0.6 is 11.3 Å². The van der Waals surface area contributed by atoms with Crippen molar-refractivity contribution in [1.29, 1.82) is 0 Å². The second kappa shape index (κ2) is 7.36. The molecular weight excluding hydrogens is 384 g/mol. The van der Waals surface area contributed by atoms with E-state index in [1.807, 2.05) is 27.7 Å². The number of benzene rings is 2. The molecule has 0 radical (unpaired) electrons. The summed E-state index contributed by atoms with van der Waals surface area (Å²) >= 11 is 1.05. The molecule has 0 saturated carbocycles. The Labute approximate surface area is 162 Å². The summed E-state index contributed by atoms with van der Waals surface area (Å²) in [4.78, 5) is 12.2. The number of rotatable bonds is 6. The van der Waals surface area contributed by atoms with Crippen LogP contribution < -0.4 is 14.3 Å². The fourth-order valence-electron chi connectivity index (χ4n) is 2.76. The smallest absolute Gasteiger partial charge is 0.308 e. The van der Waals surface area contributed by atoms with Gasteiger partial charge in [0.1, 0.15) is 5.75 Å². The van der Waals surface area contributed by atoms with Gasteiger partial charge in [-0.15, -0.1) is 0 Å². The molecule has 0 unspecified atom stereocenters. The maximum absolute atomic E-state index is 12.7. The maximum Gasteiger partial charge on any atom is 0.308 e. The fraction of sp³-hybridized carbons (Fsp3) is 0.316. The van der Waals surface area contributed by atoms with Crippen LogP contribution in [0.5, 0.6) is 5.75 Å². The summed E-state index contributed by atoms with van der Waals surface area (Å²) in [6.45, 7) is 7.69. The molecule has 0 spiro atoms. The van der Waals surface area contributed by atoms with Crippen molar-refractivity contribution in [2.24, 2.45) is 0 Å². The van der Waals surface area contributed by atoms with Crippen LogP contribution in [0.4, 0.5) is 5.69 Å². The molecule has 0 saturated heterocycles. The van der Waals surface area contributed by atoms with Crippen LogP contribution in [-0.2, 0) is 10.0 Å². The SMILES string of the molecule is CC(C)Oc1ccc(NS(=O)(=O)c2ccc3c(c2)sc(=O)n3C(C)C)cc1. The number of hydrogen-bond acceptors (Lipinski definition) is 5. The van der Waals surface area contributed by atoms with Gasteiger partial charge in [0.25, 0.3) is 10.0 Å². The Hall–Kier alpha value is -2.32. The molecule has 2 aromatic carbocycles. The van der Waals surface area contributed by atoms with Gasteiger partial charge in [-0.1, -0.05) is 11.3 Å². The molecule has 8 heteroatoms. The number of fused-ring (bicyclic) bond motifs is 1. The highest BCUT2D eigenvalue weighted by Crippen LogP contribution is 2.26. The zero-order chi connectivity index (χ0) is 19.8. The standard InChI is InChI=1S/C19H22N2O4S2/c1-12(2)21-17-10-9-16(11-18(17)26-19(21)22)27(23,24)20-14-5-7-15(8-6-14)25-13(3)4/h5-13,20H,1-4H3. The molecule has 6 nitrogen and oxygen atoms in total. The monoisotopic (exact) mass is 406 g/mol. The molecule has 144 valence electrons. The summed E-state index contributed by atoms with van der Waals surface area (Å²) in [7, 11) is -3.76. The van der Waals surface area contributed by atoms with Crippen molar-refractivity contribution in [3.05, 3.63) is 52.1 Å². The van der Waals surface area contributed by atoms with E-state index in [9.17, 15) is 13.2 Å². The highest BCUT2D eigenvalue weighted by atomic mass is 32.2. The lowest BCUT2D eigenvalue weighted by molar-refractivity contribution is 0.242. The largest absolute Gasteiger partial charge is 0.491 e. The average Bonchev–Trinajstić information content (AvgIpc) is 2.91. The van der Waals surface area contributed by atoms with Gasteiger partial charge in [0.05, 0.1) is 21.2 Å². The van der Waals surface area contributed by atoms with Gasteiger partial charge in [-0.05, 0) is 70.2 Å². The van der Waals surface area contributed by atoms with Crippen molar-refractivity contribution in [2.75, 3.05) is 4.72 Å². The topological polar surface area (TPSA) is 77.4 Å². The molecule has 0 amide bonds. The molecule has 0 aliphatic carbocycles. The first-order chi connectivity index (χ1) is 12.7. The molecule has 0 fully saturated rings. The van der Waals surface area contributed by atoms with Crippen LogP contribution in [0, 0.1) is 0 Å². The molecule has 1 N–H and O–H groups in total. The Morgan fingerprint density at radius 3 is 2.30 bits per heavy atom. The van der Waals surface area contributed by atoms with E-state index in [0.717, 1.165) is 16.9 Å². The summed E-state index contributed by atoms with van der Waals surface area (Å²) in [5.41, 5.74) is 1.19. The lowest BCUT2D eigenvalue weighted by Crippen LogP contribution is -2.15. The van der Waals surface area contributed by atoms with E-state index in [0.29, 0.717) is 16.1 Å². The quantitative estimate of drug-likeness (QED) is 0.664. The lowest BCUT2D eigenvalue weighted by atomic mass is 10.3. The highest BCUT2D eigenvalue weighted by molar-refractivity contribution is 7.92. The Balaban J connectivity index is 1.89. The Morgan fingerprint density at radius 1 is 1.04 bits per heavy atom. The third-order valence-electron chi connectivity index (χ3n) is 3.89. The van der Waals surface area contributed by atoms with Crippen LogP contribution in [0.1, 0.15) is 33.7 Å². The van der Waals surface area contributed by atoms with Crippen LogP contribution in [0.2, 0.25) is 0 Å². The summed E-state index contributed by atoms with van der Waals surface area (Å²) in [5.74, 6) is 0.675. The van der Waals surface area contributed by atoms with E-state index < -0.39 is 10.0 Å². The molecule has 3 aromatic rings. The van der Waals surface area contributed by atoms with Gasteiger partial charge in [0.2, 0.25) is 0 Å². The molecule has 0 aliphatic heterocycles. The number of anilines is 1. The van der Waals surface area contributed by atoms with Crippen LogP contribution in [0.25, 0.3) is 10.2 Å². The van der Waals surface area contributed by atoms with Crippen molar-refractivity contribution < 1.29 is 13.2 Å². The predicted octanol–water partition coefficient (Wildman–Crippen LogP) is 4.23. The molecule has 3 rings (SSSR count). The fourth-order valence-corrected chi connectivity index (χ4v) is 4.97. The van der Waals surface area contributed by atoms with Gasteiger partial charge in [-0.25, -0.2) is 8.42 Å².